The SMILES string of the molecule is CC1CCc2c(sc3nc(SCC(=O)Nc4nnc(C(C)C)s4)n(-c4ccccc4)c(=O)c23)C1. The molecule has 3 heterocycles. The van der Waals surface area contributed by atoms with E-state index in [4.69, 9.17) is 4.98 Å². The first kappa shape index (κ1) is 23.2. The number of thioether (sulfide) groups is 1. The van der Waals surface area contributed by atoms with Crippen LogP contribution in [0.3, 0.4) is 0 Å². The van der Waals surface area contributed by atoms with Gasteiger partial charge in [-0.2, -0.15) is 0 Å². The quantitative estimate of drug-likeness (QED) is 0.280. The fourth-order valence-electron chi connectivity index (χ4n) is 4.08. The zero-order chi connectivity index (χ0) is 23.8. The van der Waals surface area contributed by atoms with Crippen molar-refractivity contribution in [3.05, 3.63) is 56.1 Å². The monoisotopic (exact) mass is 511 g/mol. The van der Waals surface area contributed by atoms with Crippen LogP contribution in [0.2, 0.25) is 0 Å². The topological polar surface area (TPSA) is 89.8 Å². The van der Waals surface area contributed by atoms with Gasteiger partial charge in [-0.3, -0.25) is 19.5 Å². The van der Waals surface area contributed by atoms with Gasteiger partial charge in [-0.1, -0.05) is 62.1 Å². The maximum atomic E-state index is 13.8. The highest BCUT2D eigenvalue weighted by Crippen LogP contribution is 2.37. The predicted octanol–water partition coefficient (Wildman–Crippen LogP) is 5.28. The molecule has 7 nitrogen and oxygen atoms in total. The highest BCUT2D eigenvalue weighted by molar-refractivity contribution is 7.99. The summed E-state index contributed by atoms with van der Waals surface area (Å²) >= 11 is 4.26. The molecule has 5 rings (SSSR count). The lowest BCUT2D eigenvalue weighted by atomic mass is 9.89. The summed E-state index contributed by atoms with van der Waals surface area (Å²) in [4.78, 5) is 33.3. The molecule has 34 heavy (non-hydrogen) atoms. The maximum Gasteiger partial charge on any atom is 0.267 e. The minimum atomic E-state index is -0.204. The minimum Gasteiger partial charge on any atom is -0.300 e. The number of carbonyl (C=O) groups excluding carboxylic acids is 1. The Morgan fingerprint density at radius 1 is 1.24 bits per heavy atom. The summed E-state index contributed by atoms with van der Waals surface area (Å²) in [6.07, 6.45) is 2.99. The molecule has 0 saturated heterocycles. The number of fused-ring (bicyclic) bond motifs is 3. The summed E-state index contributed by atoms with van der Waals surface area (Å²) in [6, 6.07) is 9.52. The van der Waals surface area contributed by atoms with Crippen molar-refractivity contribution in [1.29, 1.82) is 0 Å². The largest absolute Gasteiger partial charge is 0.300 e. The van der Waals surface area contributed by atoms with Crippen molar-refractivity contribution in [3.8, 4) is 5.69 Å². The van der Waals surface area contributed by atoms with Crippen molar-refractivity contribution in [1.82, 2.24) is 19.7 Å². The second-order valence-electron chi connectivity index (χ2n) is 8.84. The van der Waals surface area contributed by atoms with Crippen molar-refractivity contribution >= 4 is 55.7 Å². The van der Waals surface area contributed by atoms with Crippen molar-refractivity contribution in [3.63, 3.8) is 0 Å². The summed E-state index contributed by atoms with van der Waals surface area (Å²) in [6.45, 7) is 6.33. The standard InChI is InChI=1S/C24H25N5O2S3/c1-13(2)20-27-28-23(34-20)25-18(30)12-32-24-26-21-19(16-10-9-14(3)11-17(16)33-21)22(31)29(24)15-7-5-4-6-8-15/h4-8,13-14H,9-12H2,1-3H3,(H,25,28,30). The number of aryl methyl sites for hydroxylation is 1. The van der Waals surface area contributed by atoms with Gasteiger partial charge in [0, 0.05) is 10.8 Å². The molecule has 3 aromatic heterocycles. The molecule has 0 saturated carbocycles. The number of hydrogen-bond donors (Lipinski definition) is 1. The van der Waals surface area contributed by atoms with Gasteiger partial charge in [0.05, 0.1) is 16.8 Å². The number of nitrogens with zero attached hydrogens (tertiary/aromatic N) is 4. The molecule has 1 unspecified atom stereocenters. The number of aromatic nitrogens is 4. The summed E-state index contributed by atoms with van der Waals surface area (Å²) < 4.78 is 1.65. The molecule has 1 aliphatic carbocycles. The van der Waals surface area contributed by atoms with Crippen molar-refractivity contribution in [2.45, 2.75) is 51.1 Å². The van der Waals surface area contributed by atoms with E-state index in [1.165, 1.54) is 28.0 Å². The minimum absolute atomic E-state index is 0.0585. The van der Waals surface area contributed by atoms with Crippen LogP contribution in [0.15, 0.2) is 40.3 Å². The van der Waals surface area contributed by atoms with Crippen LogP contribution in [0.1, 0.15) is 48.6 Å². The molecule has 4 aromatic rings. The highest BCUT2D eigenvalue weighted by atomic mass is 32.2. The summed E-state index contributed by atoms with van der Waals surface area (Å²) in [7, 11) is 0. The maximum absolute atomic E-state index is 13.8. The molecule has 1 aromatic carbocycles. The van der Waals surface area contributed by atoms with Crippen molar-refractivity contribution in [2.75, 3.05) is 11.1 Å². The summed E-state index contributed by atoms with van der Waals surface area (Å²) in [5.74, 6) is 0.785. The molecule has 176 valence electrons. The fourth-order valence-corrected chi connectivity index (χ4v) is 7.08. The zero-order valence-corrected chi connectivity index (χ0v) is 21.6. The first-order chi connectivity index (χ1) is 16.4. The lowest BCUT2D eigenvalue weighted by molar-refractivity contribution is -0.113. The number of anilines is 1. The van der Waals surface area contributed by atoms with Crippen LogP contribution in [0.25, 0.3) is 15.9 Å². The Morgan fingerprint density at radius 3 is 2.76 bits per heavy atom. The molecule has 10 heteroatoms. The lowest BCUT2D eigenvalue weighted by Crippen LogP contribution is -2.23. The molecular formula is C24H25N5O2S3. The molecule has 0 aliphatic heterocycles. The Balaban J connectivity index is 1.48. The average Bonchev–Trinajstić information content (AvgIpc) is 3.42. The van der Waals surface area contributed by atoms with Crippen LogP contribution in [0, 0.1) is 5.92 Å². The van der Waals surface area contributed by atoms with Gasteiger partial charge >= 0.3 is 0 Å². The van der Waals surface area contributed by atoms with Gasteiger partial charge in [0.2, 0.25) is 11.0 Å². The smallest absolute Gasteiger partial charge is 0.267 e. The number of amides is 1. The molecule has 0 spiro atoms. The molecule has 1 amide bonds. The van der Waals surface area contributed by atoms with Gasteiger partial charge in [-0.05, 0) is 42.9 Å². The van der Waals surface area contributed by atoms with Crippen LogP contribution in [0.4, 0.5) is 5.13 Å². The van der Waals surface area contributed by atoms with E-state index >= 15 is 0 Å². The molecule has 1 aliphatic rings. The van der Waals surface area contributed by atoms with Gasteiger partial charge in [0.15, 0.2) is 5.16 Å². The van der Waals surface area contributed by atoms with E-state index in [1.807, 2.05) is 44.2 Å². The first-order valence-electron chi connectivity index (χ1n) is 11.3. The molecule has 1 N–H and O–H groups in total. The summed E-state index contributed by atoms with van der Waals surface area (Å²) in [5, 5.41) is 13.6. The van der Waals surface area contributed by atoms with Gasteiger partial charge in [-0.15, -0.1) is 21.5 Å². The third-order valence-corrected chi connectivity index (χ3v) is 9.05. The lowest BCUT2D eigenvalue weighted by Gasteiger charge is -2.17. The van der Waals surface area contributed by atoms with E-state index in [2.05, 4.69) is 22.4 Å². The Hall–Kier alpha value is -2.56. The normalized spacial score (nSPS) is 15.6. The Morgan fingerprint density at radius 2 is 2.03 bits per heavy atom. The predicted molar refractivity (Wildman–Crippen MR) is 140 cm³/mol. The molecular weight excluding hydrogens is 486 g/mol. The van der Waals surface area contributed by atoms with Crippen LogP contribution in [-0.4, -0.2) is 31.4 Å². The average molecular weight is 512 g/mol. The van der Waals surface area contributed by atoms with E-state index in [0.717, 1.165) is 45.7 Å². The number of rotatable bonds is 6. The van der Waals surface area contributed by atoms with Crippen molar-refractivity contribution in [2.24, 2.45) is 5.92 Å². The molecule has 0 fully saturated rings. The van der Waals surface area contributed by atoms with E-state index < -0.39 is 0 Å². The van der Waals surface area contributed by atoms with E-state index in [0.29, 0.717) is 16.2 Å². The van der Waals surface area contributed by atoms with Crippen LogP contribution in [-0.2, 0) is 17.6 Å². The van der Waals surface area contributed by atoms with Crippen molar-refractivity contribution < 1.29 is 4.79 Å². The Kier molecular flexibility index (Phi) is 6.54. The van der Waals surface area contributed by atoms with E-state index in [9.17, 15) is 9.59 Å². The molecule has 1 atom stereocenters. The van der Waals surface area contributed by atoms with E-state index in [-0.39, 0.29) is 23.1 Å². The van der Waals surface area contributed by atoms with Gasteiger partial charge in [0.1, 0.15) is 9.84 Å². The van der Waals surface area contributed by atoms with Crippen LogP contribution < -0.4 is 10.9 Å². The second-order valence-corrected chi connectivity index (χ2v) is 11.9. The number of thiophene rings is 1. The first-order valence-corrected chi connectivity index (χ1v) is 13.9. The van der Waals surface area contributed by atoms with Crippen LogP contribution in [0.5, 0.6) is 0 Å². The number of para-hydroxylation sites is 1. The summed E-state index contributed by atoms with van der Waals surface area (Å²) in [5.41, 5.74) is 1.85. The fraction of sp³-hybridized carbons (Fsp3) is 0.375. The zero-order valence-electron chi connectivity index (χ0n) is 19.2. The third kappa shape index (κ3) is 4.54. The van der Waals surface area contributed by atoms with Gasteiger partial charge in [0.25, 0.3) is 5.56 Å². The van der Waals surface area contributed by atoms with E-state index in [1.54, 1.807) is 15.9 Å². The third-order valence-electron chi connectivity index (χ3n) is 5.83. The number of hydrogen-bond acceptors (Lipinski definition) is 8. The number of benzene rings is 1. The number of carbonyl (C=O) groups is 1. The molecule has 0 bridgehead atoms. The number of nitrogens with one attached hydrogen (secondary N) is 1. The van der Waals surface area contributed by atoms with Gasteiger partial charge < -0.3 is 0 Å². The highest BCUT2D eigenvalue weighted by Gasteiger charge is 2.25. The van der Waals surface area contributed by atoms with Gasteiger partial charge in [-0.25, -0.2) is 4.98 Å². The second kappa shape index (κ2) is 9.59. The van der Waals surface area contributed by atoms with Crippen LogP contribution >= 0.6 is 34.4 Å². The Bertz CT molecular complexity index is 1410. The Labute approximate surface area is 209 Å². The molecule has 0 radical (unpaired) electrons.